The summed E-state index contributed by atoms with van der Waals surface area (Å²) in [4.78, 5) is 14.6. The Morgan fingerprint density at radius 1 is 1.30 bits per heavy atom. The molecule has 2 aliphatic rings. The molecule has 0 aromatic carbocycles. The molecule has 2 rings (SSSR count). The van der Waals surface area contributed by atoms with Gasteiger partial charge in [0.25, 0.3) is 0 Å². The van der Waals surface area contributed by atoms with Crippen molar-refractivity contribution in [1.29, 1.82) is 0 Å². The number of piperidine rings is 1. The molecule has 0 spiro atoms. The Bertz CT molecular complexity index is 325. The molecule has 0 bridgehead atoms. The van der Waals surface area contributed by atoms with Gasteiger partial charge in [-0.1, -0.05) is 0 Å². The van der Waals surface area contributed by atoms with Crippen LogP contribution in [-0.2, 0) is 14.3 Å². The third-order valence-electron chi connectivity index (χ3n) is 4.68. The van der Waals surface area contributed by atoms with E-state index in [-0.39, 0.29) is 5.97 Å². The van der Waals surface area contributed by atoms with Gasteiger partial charge in [-0.2, -0.15) is 0 Å². The molecule has 0 aromatic rings. The van der Waals surface area contributed by atoms with Gasteiger partial charge in [-0.25, -0.2) is 4.79 Å². The zero-order valence-corrected chi connectivity index (χ0v) is 13.0. The highest BCUT2D eigenvalue weighted by Gasteiger charge is 2.51. The molecule has 20 heavy (non-hydrogen) atoms. The maximum atomic E-state index is 12.3. The van der Waals surface area contributed by atoms with Crippen molar-refractivity contribution < 1.29 is 14.3 Å². The van der Waals surface area contributed by atoms with E-state index < -0.39 is 5.54 Å². The first kappa shape index (κ1) is 15.7. The SMILES string of the molecule is CCOC1CCN(CC(NC)(C(=O)OC)C2CC2)CC1. The van der Waals surface area contributed by atoms with Gasteiger partial charge in [0.15, 0.2) is 0 Å². The molecule has 0 amide bonds. The Labute approximate surface area is 122 Å². The summed E-state index contributed by atoms with van der Waals surface area (Å²) in [7, 11) is 3.36. The molecule has 2 fully saturated rings. The van der Waals surface area contributed by atoms with Crippen LogP contribution in [0.1, 0.15) is 32.6 Å². The predicted octanol–water partition coefficient (Wildman–Crippen LogP) is 1.03. The summed E-state index contributed by atoms with van der Waals surface area (Å²) in [5, 5.41) is 3.26. The van der Waals surface area contributed by atoms with Crippen LogP contribution in [0, 0.1) is 5.92 Å². The monoisotopic (exact) mass is 284 g/mol. The zero-order chi connectivity index (χ0) is 14.6. The van der Waals surface area contributed by atoms with Crippen LogP contribution in [0.2, 0.25) is 0 Å². The third-order valence-corrected chi connectivity index (χ3v) is 4.68. The van der Waals surface area contributed by atoms with Crippen molar-refractivity contribution in [3.05, 3.63) is 0 Å². The smallest absolute Gasteiger partial charge is 0.327 e. The van der Waals surface area contributed by atoms with E-state index in [0.717, 1.165) is 51.9 Å². The first-order chi connectivity index (χ1) is 9.66. The lowest BCUT2D eigenvalue weighted by atomic mass is 9.91. The standard InChI is InChI=1S/C15H28N2O3/c1-4-20-13-7-9-17(10-8-13)11-15(16-2,12-5-6-12)14(18)19-3/h12-13,16H,4-11H2,1-3H3. The van der Waals surface area contributed by atoms with Crippen LogP contribution in [0.25, 0.3) is 0 Å². The molecule has 1 unspecified atom stereocenters. The van der Waals surface area contributed by atoms with Crippen LogP contribution < -0.4 is 5.32 Å². The van der Waals surface area contributed by atoms with Crippen molar-refractivity contribution in [2.24, 2.45) is 5.92 Å². The number of nitrogens with zero attached hydrogens (tertiary/aromatic N) is 1. The highest BCUT2D eigenvalue weighted by molar-refractivity contribution is 5.82. The number of rotatable bonds is 7. The third kappa shape index (κ3) is 3.32. The Hall–Kier alpha value is -0.650. The van der Waals surface area contributed by atoms with Gasteiger partial charge >= 0.3 is 5.97 Å². The minimum Gasteiger partial charge on any atom is -0.468 e. The summed E-state index contributed by atoms with van der Waals surface area (Å²) in [6.07, 6.45) is 4.73. The first-order valence-corrected chi connectivity index (χ1v) is 7.77. The van der Waals surface area contributed by atoms with E-state index in [2.05, 4.69) is 10.2 Å². The number of carbonyl (C=O) groups excluding carboxylic acids is 1. The van der Waals surface area contributed by atoms with E-state index in [4.69, 9.17) is 9.47 Å². The lowest BCUT2D eigenvalue weighted by Crippen LogP contribution is -2.61. The van der Waals surface area contributed by atoms with Gasteiger partial charge in [0.2, 0.25) is 0 Å². The van der Waals surface area contributed by atoms with E-state index in [1.807, 2.05) is 14.0 Å². The van der Waals surface area contributed by atoms with Crippen molar-refractivity contribution in [3.63, 3.8) is 0 Å². The number of nitrogens with one attached hydrogen (secondary N) is 1. The van der Waals surface area contributed by atoms with E-state index in [1.165, 1.54) is 7.11 Å². The van der Waals surface area contributed by atoms with Gasteiger partial charge in [-0.05, 0) is 45.6 Å². The molecular weight excluding hydrogens is 256 g/mol. The van der Waals surface area contributed by atoms with Crippen LogP contribution in [0.3, 0.4) is 0 Å². The second-order valence-electron chi connectivity index (χ2n) is 5.92. The average Bonchev–Trinajstić information content (AvgIpc) is 3.31. The van der Waals surface area contributed by atoms with Crippen LogP contribution in [0.4, 0.5) is 0 Å². The predicted molar refractivity (Wildman–Crippen MR) is 77.6 cm³/mol. The number of hydrogen-bond donors (Lipinski definition) is 1. The number of methoxy groups -OCH3 is 1. The normalized spacial score (nSPS) is 24.4. The van der Waals surface area contributed by atoms with E-state index in [1.54, 1.807) is 0 Å². The number of esters is 1. The van der Waals surface area contributed by atoms with Gasteiger partial charge in [0, 0.05) is 26.2 Å². The summed E-state index contributed by atoms with van der Waals surface area (Å²) in [5.41, 5.74) is -0.521. The van der Waals surface area contributed by atoms with Crippen molar-refractivity contribution in [1.82, 2.24) is 10.2 Å². The van der Waals surface area contributed by atoms with E-state index in [0.29, 0.717) is 12.0 Å². The molecule has 1 heterocycles. The van der Waals surface area contributed by atoms with Crippen LogP contribution in [0.15, 0.2) is 0 Å². The fraction of sp³-hybridized carbons (Fsp3) is 0.933. The summed E-state index contributed by atoms with van der Waals surface area (Å²) in [6.45, 7) is 5.58. The topological polar surface area (TPSA) is 50.8 Å². The molecule has 1 saturated carbocycles. The number of likely N-dealkylation sites (tertiary alicyclic amines) is 1. The van der Waals surface area contributed by atoms with Crippen LogP contribution in [0.5, 0.6) is 0 Å². The van der Waals surface area contributed by atoms with E-state index >= 15 is 0 Å². The highest BCUT2D eigenvalue weighted by atomic mass is 16.5. The fourth-order valence-corrected chi connectivity index (χ4v) is 3.33. The van der Waals surface area contributed by atoms with Crippen molar-refractivity contribution in [2.75, 3.05) is 40.4 Å². The largest absolute Gasteiger partial charge is 0.468 e. The Morgan fingerprint density at radius 2 is 1.95 bits per heavy atom. The molecular formula is C15H28N2O3. The molecule has 1 atom stereocenters. The molecule has 5 nitrogen and oxygen atoms in total. The van der Waals surface area contributed by atoms with Gasteiger partial charge in [-0.15, -0.1) is 0 Å². The van der Waals surface area contributed by atoms with Crippen LogP contribution in [-0.4, -0.2) is 62.9 Å². The molecule has 1 saturated heterocycles. The summed E-state index contributed by atoms with van der Waals surface area (Å²) in [5.74, 6) is 0.305. The number of hydrogen-bond acceptors (Lipinski definition) is 5. The molecule has 0 aromatic heterocycles. The van der Waals surface area contributed by atoms with Gasteiger partial charge < -0.3 is 19.7 Å². The lowest BCUT2D eigenvalue weighted by Gasteiger charge is -2.39. The zero-order valence-electron chi connectivity index (χ0n) is 13.0. The second-order valence-corrected chi connectivity index (χ2v) is 5.92. The fourth-order valence-electron chi connectivity index (χ4n) is 3.33. The average molecular weight is 284 g/mol. The van der Waals surface area contributed by atoms with Crippen molar-refractivity contribution in [2.45, 2.75) is 44.2 Å². The van der Waals surface area contributed by atoms with Crippen molar-refractivity contribution >= 4 is 5.97 Å². The number of carbonyl (C=O) groups is 1. The quantitative estimate of drug-likeness (QED) is 0.708. The highest BCUT2D eigenvalue weighted by Crippen LogP contribution is 2.41. The molecule has 116 valence electrons. The summed E-state index contributed by atoms with van der Waals surface area (Å²) in [6, 6.07) is 0. The minimum absolute atomic E-state index is 0.116. The Kier molecular flexibility index (Phi) is 5.41. The minimum atomic E-state index is -0.521. The molecule has 1 aliphatic heterocycles. The lowest BCUT2D eigenvalue weighted by molar-refractivity contribution is -0.150. The number of likely N-dealkylation sites (N-methyl/N-ethyl adjacent to an activating group) is 1. The molecule has 5 heteroatoms. The Balaban J connectivity index is 1.94. The summed E-state index contributed by atoms with van der Waals surface area (Å²) < 4.78 is 10.7. The molecule has 1 N–H and O–H groups in total. The first-order valence-electron chi connectivity index (χ1n) is 7.77. The van der Waals surface area contributed by atoms with Gasteiger partial charge in [-0.3, -0.25) is 0 Å². The maximum absolute atomic E-state index is 12.3. The van der Waals surface area contributed by atoms with Gasteiger partial charge in [0.05, 0.1) is 13.2 Å². The summed E-state index contributed by atoms with van der Waals surface area (Å²) >= 11 is 0. The Morgan fingerprint density at radius 3 is 2.40 bits per heavy atom. The van der Waals surface area contributed by atoms with Crippen molar-refractivity contribution in [3.8, 4) is 0 Å². The van der Waals surface area contributed by atoms with Gasteiger partial charge in [0.1, 0.15) is 5.54 Å². The van der Waals surface area contributed by atoms with E-state index in [9.17, 15) is 4.79 Å². The van der Waals surface area contributed by atoms with Crippen LogP contribution >= 0.6 is 0 Å². The molecule has 1 aliphatic carbocycles. The second kappa shape index (κ2) is 6.87. The maximum Gasteiger partial charge on any atom is 0.327 e. The number of ether oxygens (including phenoxy) is 2. The molecule has 0 radical (unpaired) electrons.